The predicted octanol–water partition coefficient (Wildman–Crippen LogP) is 4.70. The maximum absolute atomic E-state index is 5.50. The molecule has 0 aliphatic heterocycles. The summed E-state index contributed by atoms with van der Waals surface area (Å²) in [7, 11) is 3.98. The van der Waals surface area contributed by atoms with Gasteiger partial charge in [0.1, 0.15) is 0 Å². The van der Waals surface area contributed by atoms with E-state index in [1.165, 1.54) is 11.1 Å². The molecular formula is C20H27NO. The molecule has 0 unspecified atom stereocenters. The summed E-state index contributed by atoms with van der Waals surface area (Å²) in [4.78, 5) is 2.44. The van der Waals surface area contributed by atoms with Gasteiger partial charge in [-0.25, -0.2) is 0 Å². The number of methoxy groups -OCH3 is 1. The van der Waals surface area contributed by atoms with Gasteiger partial charge in [-0.15, -0.1) is 0 Å². The molecule has 2 nitrogen and oxygen atoms in total. The summed E-state index contributed by atoms with van der Waals surface area (Å²) in [5.74, 6) is 0.524. The van der Waals surface area contributed by atoms with E-state index in [2.05, 4.69) is 86.5 Å². The van der Waals surface area contributed by atoms with Crippen LogP contribution in [0.5, 0.6) is 0 Å². The lowest BCUT2D eigenvalue weighted by atomic mass is 9.92. The second-order valence-corrected chi connectivity index (χ2v) is 6.15. The minimum absolute atomic E-state index is 0.249. The van der Waals surface area contributed by atoms with E-state index >= 15 is 0 Å². The van der Waals surface area contributed by atoms with Crippen molar-refractivity contribution in [3.8, 4) is 0 Å². The number of hydrogen-bond acceptors (Lipinski definition) is 2. The van der Waals surface area contributed by atoms with Crippen LogP contribution in [0.2, 0.25) is 0 Å². The number of hydrogen-bond donors (Lipinski definition) is 0. The first-order chi connectivity index (χ1) is 10.6. The molecule has 0 spiro atoms. The lowest BCUT2D eigenvalue weighted by Crippen LogP contribution is -2.34. The molecular weight excluding hydrogens is 270 g/mol. The maximum Gasteiger partial charge on any atom is 0.0659 e. The minimum Gasteiger partial charge on any atom is -0.383 e. The molecule has 0 fully saturated rings. The third-order valence-electron chi connectivity index (χ3n) is 4.21. The first-order valence-corrected chi connectivity index (χ1v) is 7.96. The normalized spacial score (nSPS) is 14.3. The molecule has 2 heteroatoms. The number of ether oxygens (including phenoxy) is 1. The molecule has 118 valence electrons. The van der Waals surface area contributed by atoms with E-state index in [1.54, 1.807) is 7.11 Å². The van der Waals surface area contributed by atoms with Crippen LogP contribution in [0.25, 0.3) is 0 Å². The highest BCUT2D eigenvalue weighted by molar-refractivity contribution is 5.23. The summed E-state index contributed by atoms with van der Waals surface area (Å²) in [5.41, 5.74) is 2.66. The highest BCUT2D eigenvalue weighted by Gasteiger charge is 2.27. The molecule has 0 aromatic heterocycles. The molecule has 0 saturated carbocycles. The topological polar surface area (TPSA) is 12.5 Å². The Morgan fingerprint density at radius 1 is 0.864 bits per heavy atom. The van der Waals surface area contributed by atoms with Crippen molar-refractivity contribution in [1.82, 2.24) is 4.90 Å². The molecule has 2 aromatic carbocycles. The summed E-state index contributed by atoms with van der Waals surface area (Å²) in [6, 6.07) is 22.0. The molecule has 0 N–H and O–H groups in total. The van der Waals surface area contributed by atoms with Crippen LogP contribution in [0, 0.1) is 5.92 Å². The Balaban J connectivity index is 2.33. The fourth-order valence-corrected chi connectivity index (χ4v) is 3.22. The SMILES string of the molecule is COC[C@@H](c1ccccc1)N(C)[C@H](c1ccccc1)C(C)C. The monoisotopic (exact) mass is 297 g/mol. The third kappa shape index (κ3) is 3.96. The van der Waals surface area contributed by atoms with Crippen molar-refractivity contribution in [1.29, 1.82) is 0 Å². The molecule has 0 radical (unpaired) electrons. The quantitative estimate of drug-likeness (QED) is 0.734. The Morgan fingerprint density at radius 3 is 1.82 bits per heavy atom. The molecule has 0 aliphatic carbocycles. The Kier molecular flexibility index (Phi) is 6.17. The Morgan fingerprint density at radius 2 is 1.36 bits per heavy atom. The van der Waals surface area contributed by atoms with Crippen molar-refractivity contribution < 1.29 is 4.74 Å². The Bertz CT molecular complexity index is 538. The zero-order valence-electron chi connectivity index (χ0n) is 14.1. The van der Waals surface area contributed by atoms with Gasteiger partial charge in [-0.3, -0.25) is 4.90 Å². The van der Waals surface area contributed by atoms with Crippen molar-refractivity contribution in [2.24, 2.45) is 5.92 Å². The Labute approximate surface area is 134 Å². The Hall–Kier alpha value is -1.64. The summed E-state index contributed by atoms with van der Waals surface area (Å²) in [5, 5.41) is 0. The molecule has 2 aromatic rings. The lowest BCUT2D eigenvalue weighted by Gasteiger charge is -2.37. The van der Waals surface area contributed by atoms with Gasteiger partial charge in [-0.05, 0) is 24.1 Å². The van der Waals surface area contributed by atoms with Gasteiger partial charge in [0.15, 0.2) is 0 Å². The molecule has 0 amide bonds. The van der Waals surface area contributed by atoms with Crippen molar-refractivity contribution in [3.05, 3.63) is 71.8 Å². The largest absolute Gasteiger partial charge is 0.383 e. The van der Waals surface area contributed by atoms with E-state index in [-0.39, 0.29) is 6.04 Å². The molecule has 0 aliphatic rings. The van der Waals surface area contributed by atoms with Crippen molar-refractivity contribution in [2.75, 3.05) is 20.8 Å². The molecule has 2 atom stereocenters. The van der Waals surface area contributed by atoms with Gasteiger partial charge < -0.3 is 4.74 Å². The van der Waals surface area contributed by atoms with Crippen molar-refractivity contribution in [2.45, 2.75) is 25.9 Å². The van der Waals surface area contributed by atoms with Gasteiger partial charge in [-0.2, -0.15) is 0 Å². The van der Waals surface area contributed by atoms with Gasteiger partial charge in [0.25, 0.3) is 0 Å². The van der Waals surface area contributed by atoms with Gasteiger partial charge in [-0.1, -0.05) is 74.5 Å². The second kappa shape index (κ2) is 8.11. The van der Waals surface area contributed by atoms with Crippen molar-refractivity contribution in [3.63, 3.8) is 0 Å². The van der Waals surface area contributed by atoms with Gasteiger partial charge >= 0.3 is 0 Å². The molecule has 0 heterocycles. The average Bonchev–Trinajstić information content (AvgIpc) is 2.54. The fraction of sp³-hybridized carbons (Fsp3) is 0.400. The van der Waals surface area contributed by atoms with Crippen LogP contribution >= 0.6 is 0 Å². The summed E-state index contributed by atoms with van der Waals surface area (Å²) >= 11 is 0. The summed E-state index contributed by atoms with van der Waals surface area (Å²) < 4.78 is 5.50. The summed E-state index contributed by atoms with van der Waals surface area (Å²) in [6.07, 6.45) is 0. The zero-order chi connectivity index (χ0) is 15.9. The van der Waals surface area contributed by atoms with Gasteiger partial charge in [0.2, 0.25) is 0 Å². The van der Waals surface area contributed by atoms with Crippen molar-refractivity contribution >= 4 is 0 Å². The highest BCUT2D eigenvalue weighted by Crippen LogP contribution is 2.34. The van der Waals surface area contributed by atoms with E-state index in [9.17, 15) is 0 Å². The first-order valence-electron chi connectivity index (χ1n) is 7.96. The van der Waals surface area contributed by atoms with Gasteiger partial charge in [0, 0.05) is 13.2 Å². The second-order valence-electron chi connectivity index (χ2n) is 6.15. The molecule has 0 saturated heterocycles. The van der Waals surface area contributed by atoms with Crippen LogP contribution in [0.1, 0.15) is 37.1 Å². The average molecular weight is 297 g/mol. The number of benzene rings is 2. The molecule has 0 bridgehead atoms. The maximum atomic E-state index is 5.50. The number of rotatable bonds is 7. The van der Waals surface area contributed by atoms with Crippen LogP contribution < -0.4 is 0 Å². The molecule has 22 heavy (non-hydrogen) atoms. The summed E-state index contributed by atoms with van der Waals surface area (Å²) in [6.45, 7) is 5.25. The van der Waals surface area contributed by atoms with E-state index in [4.69, 9.17) is 4.74 Å². The number of likely N-dealkylation sites (N-methyl/N-ethyl adjacent to an activating group) is 1. The van der Waals surface area contributed by atoms with Crippen LogP contribution in [0.15, 0.2) is 60.7 Å². The zero-order valence-corrected chi connectivity index (χ0v) is 14.1. The van der Waals surface area contributed by atoms with Gasteiger partial charge in [0.05, 0.1) is 12.6 Å². The lowest BCUT2D eigenvalue weighted by molar-refractivity contribution is 0.0634. The highest BCUT2D eigenvalue weighted by atomic mass is 16.5. The molecule has 2 rings (SSSR count). The predicted molar refractivity (Wildman–Crippen MR) is 92.8 cm³/mol. The van der Waals surface area contributed by atoms with E-state index in [0.717, 1.165) is 0 Å². The van der Waals surface area contributed by atoms with Crippen LogP contribution in [0.4, 0.5) is 0 Å². The van der Waals surface area contributed by atoms with E-state index < -0.39 is 0 Å². The van der Waals surface area contributed by atoms with Crippen LogP contribution in [-0.4, -0.2) is 25.7 Å². The first kappa shape index (κ1) is 16.7. The third-order valence-corrected chi connectivity index (χ3v) is 4.21. The standard InChI is InChI=1S/C20H27NO/c1-16(2)20(18-13-9-6-10-14-18)21(3)19(15-22-4)17-11-7-5-8-12-17/h5-14,16,19-20H,15H2,1-4H3/t19-,20-/m0/s1. The van der Waals surface area contributed by atoms with E-state index in [0.29, 0.717) is 18.6 Å². The minimum atomic E-state index is 0.249. The smallest absolute Gasteiger partial charge is 0.0659 e. The number of nitrogens with zero attached hydrogens (tertiary/aromatic N) is 1. The fourth-order valence-electron chi connectivity index (χ4n) is 3.22. The van der Waals surface area contributed by atoms with E-state index in [1.807, 2.05) is 0 Å². The van der Waals surface area contributed by atoms with Crippen LogP contribution in [0.3, 0.4) is 0 Å². The van der Waals surface area contributed by atoms with Crippen LogP contribution in [-0.2, 0) is 4.74 Å².